The molecule has 4 rings (SSSR count). The molecule has 0 fully saturated rings. The van der Waals surface area contributed by atoms with Crippen LogP contribution in [0.25, 0.3) is 16.2 Å². The topological polar surface area (TPSA) is 63.5 Å². The summed E-state index contributed by atoms with van der Waals surface area (Å²) in [4.78, 5) is 31.6. The summed E-state index contributed by atoms with van der Waals surface area (Å²) in [5.74, 6) is -0.467. The summed E-state index contributed by atoms with van der Waals surface area (Å²) in [6.07, 6.45) is 3.31. The first-order valence-corrected chi connectivity index (χ1v) is 10.3. The molecule has 1 N–H and O–H groups in total. The number of nitrogens with zero attached hydrogens (tertiary/aromatic N) is 2. The van der Waals surface area contributed by atoms with E-state index < -0.39 is 5.91 Å². The number of anilines is 1. The summed E-state index contributed by atoms with van der Waals surface area (Å²) in [6.45, 7) is 0. The van der Waals surface area contributed by atoms with E-state index in [4.69, 9.17) is 0 Å². The number of amides is 1. The summed E-state index contributed by atoms with van der Waals surface area (Å²) >= 11 is 2.95. The number of carbonyl (C=O) groups excluding carboxylic acids is 1. The Bertz CT molecular complexity index is 1180. The van der Waals surface area contributed by atoms with E-state index in [1.165, 1.54) is 21.9 Å². The van der Waals surface area contributed by atoms with Crippen LogP contribution in [-0.2, 0) is 0 Å². The van der Waals surface area contributed by atoms with Crippen LogP contribution in [0.15, 0.2) is 75.9 Å². The van der Waals surface area contributed by atoms with Gasteiger partial charge in [0.05, 0.1) is 5.69 Å². The molecule has 0 radical (unpaired) electrons. The number of hydrogen-bond acceptors (Lipinski definition) is 5. The summed E-state index contributed by atoms with van der Waals surface area (Å²) in [5, 5.41) is 4.67. The van der Waals surface area contributed by atoms with E-state index >= 15 is 0 Å². The Kier molecular flexibility index (Phi) is 4.79. The number of benzene rings is 2. The van der Waals surface area contributed by atoms with Gasteiger partial charge >= 0.3 is 0 Å². The van der Waals surface area contributed by atoms with Crippen LogP contribution in [0, 0.1) is 0 Å². The second-order valence-corrected chi connectivity index (χ2v) is 7.48. The van der Waals surface area contributed by atoms with Gasteiger partial charge in [0, 0.05) is 22.2 Å². The highest BCUT2D eigenvalue weighted by Crippen LogP contribution is 2.24. The first-order chi connectivity index (χ1) is 13.2. The van der Waals surface area contributed by atoms with Crippen LogP contribution in [-0.4, -0.2) is 21.5 Å². The number of nitrogens with one attached hydrogen (secondary N) is 1. The maximum absolute atomic E-state index is 13.0. The van der Waals surface area contributed by atoms with E-state index in [-0.39, 0.29) is 11.1 Å². The van der Waals surface area contributed by atoms with Crippen molar-refractivity contribution in [3.8, 4) is 11.3 Å². The van der Waals surface area contributed by atoms with Crippen molar-refractivity contribution in [1.82, 2.24) is 9.38 Å². The van der Waals surface area contributed by atoms with Gasteiger partial charge in [0.1, 0.15) is 5.56 Å². The molecule has 5 nitrogen and oxygen atoms in total. The molecular formula is C20H15N3O2S2. The molecule has 0 aliphatic heterocycles. The third-order valence-corrected chi connectivity index (χ3v) is 5.65. The van der Waals surface area contributed by atoms with E-state index in [0.29, 0.717) is 10.6 Å². The van der Waals surface area contributed by atoms with Crippen LogP contribution in [0.5, 0.6) is 0 Å². The maximum Gasteiger partial charge on any atom is 0.271 e. The van der Waals surface area contributed by atoms with Crippen molar-refractivity contribution < 1.29 is 4.79 Å². The van der Waals surface area contributed by atoms with Crippen molar-refractivity contribution >= 4 is 39.7 Å². The second kappa shape index (κ2) is 7.38. The van der Waals surface area contributed by atoms with Gasteiger partial charge in [0.2, 0.25) is 0 Å². The Hall–Kier alpha value is -2.90. The summed E-state index contributed by atoms with van der Waals surface area (Å²) in [5.41, 5.74) is 1.91. The van der Waals surface area contributed by atoms with Gasteiger partial charge in [-0.1, -0.05) is 36.4 Å². The van der Waals surface area contributed by atoms with Crippen molar-refractivity contribution in [3.05, 3.63) is 82.1 Å². The van der Waals surface area contributed by atoms with Gasteiger partial charge in [-0.25, -0.2) is 4.98 Å². The predicted octanol–water partition coefficient (Wildman–Crippen LogP) is 4.40. The van der Waals surface area contributed by atoms with Gasteiger partial charge < -0.3 is 5.32 Å². The molecule has 2 heterocycles. The van der Waals surface area contributed by atoms with Crippen LogP contribution in [0.3, 0.4) is 0 Å². The monoisotopic (exact) mass is 393 g/mol. The Morgan fingerprint density at radius 2 is 1.96 bits per heavy atom. The lowest BCUT2D eigenvalue weighted by Crippen LogP contribution is -2.26. The average molecular weight is 393 g/mol. The fraction of sp³-hybridized carbons (Fsp3) is 0.0500. The second-order valence-electron chi connectivity index (χ2n) is 5.77. The quantitative estimate of drug-likeness (QED) is 0.522. The molecule has 0 saturated carbocycles. The van der Waals surface area contributed by atoms with E-state index in [2.05, 4.69) is 10.3 Å². The minimum Gasteiger partial charge on any atom is -0.322 e. The number of thioether (sulfide) groups is 1. The first kappa shape index (κ1) is 17.5. The maximum atomic E-state index is 13.0. The summed E-state index contributed by atoms with van der Waals surface area (Å²) < 4.78 is 1.49. The number of fused-ring (bicyclic) bond motifs is 1. The number of aromatic nitrogens is 2. The smallest absolute Gasteiger partial charge is 0.271 e. The molecule has 7 heteroatoms. The lowest BCUT2D eigenvalue weighted by Gasteiger charge is -2.07. The molecule has 4 aromatic rings. The van der Waals surface area contributed by atoms with Crippen molar-refractivity contribution in [2.24, 2.45) is 0 Å². The Labute approximate surface area is 163 Å². The normalized spacial score (nSPS) is 10.9. The molecule has 0 aliphatic carbocycles. The third-order valence-electron chi connectivity index (χ3n) is 4.09. The van der Waals surface area contributed by atoms with Crippen LogP contribution < -0.4 is 10.9 Å². The van der Waals surface area contributed by atoms with Crippen LogP contribution in [0.4, 0.5) is 5.69 Å². The van der Waals surface area contributed by atoms with Crippen molar-refractivity contribution in [2.45, 2.75) is 4.90 Å². The van der Waals surface area contributed by atoms with Crippen molar-refractivity contribution in [2.75, 3.05) is 11.6 Å². The molecule has 27 heavy (non-hydrogen) atoms. The molecule has 0 spiro atoms. The van der Waals surface area contributed by atoms with Crippen LogP contribution >= 0.6 is 23.1 Å². The zero-order valence-electron chi connectivity index (χ0n) is 14.4. The SMILES string of the molecule is CSc1cccc(NC(=O)c2cnc3scc(-c4ccccc4)n3c2=O)c1. The van der Waals surface area contributed by atoms with Gasteiger partial charge in [-0.2, -0.15) is 0 Å². The van der Waals surface area contributed by atoms with E-state index in [1.807, 2.05) is 60.2 Å². The number of rotatable bonds is 4. The molecule has 0 atom stereocenters. The van der Waals surface area contributed by atoms with Crippen molar-refractivity contribution in [1.29, 1.82) is 0 Å². The zero-order chi connectivity index (χ0) is 18.8. The molecule has 0 unspecified atom stereocenters. The Morgan fingerprint density at radius 3 is 2.74 bits per heavy atom. The highest BCUT2D eigenvalue weighted by Gasteiger charge is 2.17. The number of hydrogen-bond donors (Lipinski definition) is 1. The van der Waals surface area contributed by atoms with Gasteiger partial charge in [-0.05, 0) is 30.0 Å². The summed E-state index contributed by atoms with van der Waals surface area (Å²) in [7, 11) is 0. The van der Waals surface area contributed by atoms with Gasteiger partial charge in [-0.3, -0.25) is 14.0 Å². The summed E-state index contributed by atoms with van der Waals surface area (Å²) in [6, 6.07) is 17.1. The lowest BCUT2D eigenvalue weighted by atomic mass is 10.2. The highest BCUT2D eigenvalue weighted by atomic mass is 32.2. The highest BCUT2D eigenvalue weighted by molar-refractivity contribution is 7.98. The largest absolute Gasteiger partial charge is 0.322 e. The molecule has 2 aromatic carbocycles. The van der Waals surface area contributed by atoms with Crippen LogP contribution in [0.2, 0.25) is 0 Å². The predicted molar refractivity (Wildman–Crippen MR) is 111 cm³/mol. The fourth-order valence-electron chi connectivity index (χ4n) is 2.76. The third kappa shape index (κ3) is 3.39. The standard InChI is InChI=1S/C20H15N3O2S2/c1-26-15-9-5-8-14(10-15)22-18(24)16-11-21-20-23(19(16)25)17(12-27-20)13-6-3-2-4-7-13/h2-12H,1H3,(H,22,24). The van der Waals surface area contributed by atoms with Crippen molar-refractivity contribution in [3.63, 3.8) is 0 Å². The Morgan fingerprint density at radius 1 is 1.15 bits per heavy atom. The number of carbonyl (C=O) groups is 1. The average Bonchev–Trinajstić information content (AvgIpc) is 3.14. The molecule has 1 amide bonds. The molecular weight excluding hydrogens is 378 g/mol. The van der Waals surface area contributed by atoms with E-state index in [9.17, 15) is 9.59 Å². The van der Waals surface area contributed by atoms with Gasteiger partial charge in [0.15, 0.2) is 4.96 Å². The van der Waals surface area contributed by atoms with E-state index in [0.717, 1.165) is 16.2 Å². The first-order valence-electron chi connectivity index (χ1n) is 8.17. The lowest BCUT2D eigenvalue weighted by molar-refractivity contribution is 0.102. The number of thiazole rings is 1. The molecule has 0 bridgehead atoms. The van der Waals surface area contributed by atoms with Gasteiger partial charge in [-0.15, -0.1) is 23.1 Å². The molecule has 2 aromatic heterocycles. The molecule has 0 aliphatic rings. The van der Waals surface area contributed by atoms with E-state index in [1.54, 1.807) is 17.8 Å². The van der Waals surface area contributed by atoms with Crippen LogP contribution in [0.1, 0.15) is 10.4 Å². The fourth-order valence-corrected chi connectivity index (χ4v) is 4.08. The Balaban J connectivity index is 1.75. The minimum absolute atomic E-state index is 0.0117. The minimum atomic E-state index is -0.467. The molecule has 0 saturated heterocycles. The van der Waals surface area contributed by atoms with Gasteiger partial charge in [0.25, 0.3) is 11.5 Å². The zero-order valence-corrected chi connectivity index (χ0v) is 16.0. The molecule has 134 valence electrons.